The SMILES string of the molecule is FC(F)Oc1ccc(Cl)c(OC(F)(F)F)c1Cl. The van der Waals surface area contributed by atoms with E-state index in [0.29, 0.717) is 0 Å². The van der Waals surface area contributed by atoms with Crippen LogP contribution in [0.15, 0.2) is 12.1 Å². The Bertz CT molecular complexity index is 408. The summed E-state index contributed by atoms with van der Waals surface area (Å²) in [7, 11) is 0. The van der Waals surface area contributed by atoms with Crippen LogP contribution in [-0.2, 0) is 0 Å². The highest BCUT2D eigenvalue weighted by atomic mass is 35.5. The predicted molar refractivity (Wildman–Crippen MR) is 49.8 cm³/mol. The third-order valence-electron chi connectivity index (χ3n) is 1.45. The number of hydrogen-bond acceptors (Lipinski definition) is 2. The Hall–Kier alpha value is -0.950. The molecule has 0 aliphatic carbocycles. The molecule has 0 radical (unpaired) electrons. The normalized spacial score (nSPS) is 11.8. The average molecular weight is 297 g/mol. The van der Waals surface area contributed by atoms with Crippen LogP contribution in [0.3, 0.4) is 0 Å². The summed E-state index contributed by atoms with van der Waals surface area (Å²) >= 11 is 10.8. The Balaban J connectivity index is 3.11. The number of hydrogen-bond donors (Lipinski definition) is 0. The van der Waals surface area contributed by atoms with Crippen molar-refractivity contribution in [1.29, 1.82) is 0 Å². The van der Waals surface area contributed by atoms with E-state index in [1.165, 1.54) is 0 Å². The standard InChI is InChI=1S/C8H3Cl2F5O2/c9-3-1-2-4(16-7(11)12)5(10)6(3)17-8(13,14)15/h1-2,7H. The van der Waals surface area contributed by atoms with Gasteiger partial charge in [-0.2, -0.15) is 8.78 Å². The van der Waals surface area contributed by atoms with Crippen LogP contribution in [0.4, 0.5) is 22.0 Å². The van der Waals surface area contributed by atoms with Gasteiger partial charge in [0.25, 0.3) is 0 Å². The van der Waals surface area contributed by atoms with Crippen molar-refractivity contribution in [3.63, 3.8) is 0 Å². The van der Waals surface area contributed by atoms with Crippen LogP contribution in [0.1, 0.15) is 0 Å². The highest BCUT2D eigenvalue weighted by molar-refractivity contribution is 6.38. The van der Waals surface area contributed by atoms with Gasteiger partial charge in [-0.25, -0.2) is 0 Å². The van der Waals surface area contributed by atoms with E-state index in [1.54, 1.807) is 0 Å². The van der Waals surface area contributed by atoms with Crippen molar-refractivity contribution in [2.75, 3.05) is 0 Å². The number of benzene rings is 1. The number of alkyl halides is 5. The lowest BCUT2D eigenvalue weighted by Gasteiger charge is -2.14. The van der Waals surface area contributed by atoms with Gasteiger partial charge in [0.1, 0.15) is 10.8 Å². The molecule has 96 valence electrons. The van der Waals surface area contributed by atoms with Crippen LogP contribution in [0.2, 0.25) is 10.0 Å². The number of ether oxygens (including phenoxy) is 2. The Morgan fingerprint density at radius 1 is 1.12 bits per heavy atom. The minimum Gasteiger partial charge on any atom is -0.433 e. The van der Waals surface area contributed by atoms with E-state index >= 15 is 0 Å². The fourth-order valence-corrected chi connectivity index (χ4v) is 1.40. The molecule has 0 fully saturated rings. The molecule has 0 aromatic heterocycles. The first-order chi connectivity index (χ1) is 7.70. The molecule has 1 aromatic rings. The van der Waals surface area contributed by atoms with Crippen molar-refractivity contribution < 1.29 is 31.4 Å². The molecule has 17 heavy (non-hydrogen) atoms. The quantitative estimate of drug-likeness (QED) is 0.765. The van der Waals surface area contributed by atoms with E-state index in [2.05, 4.69) is 9.47 Å². The van der Waals surface area contributed by atoms with Gasteiger partial charge in [0, 0.05) is 0 Å². The molecule has 2 nitrogen and oxygen atoms in total. The van der Waals surface area contributed by atoms with Crippen molar-refractivity contribution in [3.05, 3.63) is 22.2 Å². The molecule has 0 bridgehead atoms. The van der Waals surface area contributed by atoms with Gasteiger partial charge in [0.05, 0.1) is 5.02 Å². The molecule has 0 unspecified atom stereocenters. The van der Waals surface area contributed by atoms with E-state index in [9.17, 15) is 22.0 Å². The molecule has 1 aromatic carbocycles. The van der Waals surface area contributed by atoms with Crippen molar-refractivity contribution in [1.82, 2.24) is 0 Å². The molecular weight excluding hydrogens is 294 g/mol. The minimum absolute atomic E-state index is 0.478. The van der Waals surface area contributed by atoms with Crippen molar-refractivity contribution in [2.24, 2.45) is 0 Å². The highest BCUT2D eigenvalue weighted by Gasteiger charge is 2.34. The Morgan fingerprint density at radius 2 is 1.71 bits per heavy atom. The maximum atomic E-state index is 12.0. The molecule has 0 saturated carbocycles. The maximum absolute atomic E-state index is 12.0. The highest BCUT2D eigenvalue weighted by Crippen LogP contribution is 2.42. The molecule has 0 heterocycles. The average Bonchev–Trinajstić information content (AvgIpc) is 2.15. The van der Waals surface area contributed by atoms with Gasteiger partial charge in [-0.3, -0.25) is 0 Å². The summed E-state index contributed by atoms with van der Waals surface area (Å²) in [4.78, 5) is 0. The van der Waals surface area contributed by atoms with E-state index in [1.807, 2.05) is 0 Å². The largest absolute Gasteiger partial charge is 0.573 e. The second-order valence-electron chi connectivity index (χ2n) is 2.61. The van der Waals surface area contributed by atoms with Crippen LogP contribution >= 0.6 is 23.2 Å². The smallest absolute Gasteiger partial charge is 0.433 e. The van der Waals surface area contributed by atoms with E-state index in [-0.39, 0.29) is 0 Å². The lowest BCUT2D eigenvalue weighted by atomic mass is 10.3. The fourth-order valence-electron chi connectivity index (χ4n) is 0.911. The fraction of sp³-hybridized carbons (Fsp3) is 0.250. The molecule has 0 amide bonds. The Morgan fingerprint density at radius 3 is 2.18 bits per heavy atom. The first-order valence-electron chi connectivity index (χ1n) is 3.89. The molecule has 0 spiro atoms. The summed E-state index contributed by atoms with van der Waals surface area (Å²) in [5.41, 5.74) is 0. The number of halogens is 7. The van der Waals surface area contributed by atoms with Gasteiger partial charge in [0.15, 0.2) is 5.75 Å². The first kappa shape index (κ1) is 14.1. The van der Waals surface area contributed by atoms with Crippen molar-refractivity contribution >= 4 is 23.2 Å². The van der Waals surface area contributed by atoms with Gasteiger partial charge in [0.2, 0.25) is 0 Å². The third-order valence-corrected chi connectivity index (χ3v) is 2.10. The molecule has 9 heteroatoms. The molecule has 0 N–H and O–H groups in total. The summed E-state index contributed by atoms with van der Waals surface area (Å²) in [6.45, 7) is -3.23. The van der Waals surface area contributed by atoms with Crippen LogP contribution < -0.4 is 9.47 Å². The van der Waals surface area contributed by atoms with E-state index < -0.39 is 34.5 Å². The predicted octanol–water partition coefficient (Wildman–Crippen LogP) is 4.49. The summed E-state index contributed by atoms with van der Waals surface area (Å²) in [6.07, 6.45) is -5.04. The van der Waals surface area contributed by atoms with Crippen molar-refractivity contribution in [2.45, 2.75) is 13.0 Å². The van der Waals surface area contributed by atoms with Crippen molar-refractivity contribution in [3.8, 4) is 11.5 Å². The molecule has 0 aliphatic heterocycles. The lowest BCUT2D eigenvalue weighted by Crippen LogP contribution is -2.18. The van der Waals surface area contributed by atoms with Crippen LogP contribution in [0.5, 0.6) is 11.5 Å². The number of rotatable bonds is 3. The van der Waals surface area contributed by atoms with Crippen LogP contribution in [0, 0.1) is 0 Å². The summed E-state index contributed by atoms with van der Waals surface area (Å²) in [5, 5.41) is -1.26. The molecule has 0 aliphatic rings. The molecule has 0 atom stereocenters. The van der Waals surface area contributed by atoms with Gasteiger partial charge in [-0.05, 0) is 12.1 Å². The second-order valence-corrected chi connectivity index (χ2v) is 3.40. The van der Waals surface area contributed by atoms with E-state index in [0.717, 1.165) is 12.1 Å². The topological polar surface area (TPSA) is 18.5 Å². The first-order valence-corrected chi connectivity index (χ1v) is 4.65. The second kappa shape index (κ2) is 5.14. The van der Waals surface area contributed by atoms with Gasteiger partial charge >= 0.3 is 13.0 Å². The third kappa shape index (κ3) is 4.08. The van der Waals surface area contributed by atoms with E-state index in [4.69, 9.17) is 23.2 Å². The molecular formula is C8H3Cl2F5O2. The summed E-state index contributed by atoms with van der Waals surface area (Å²) in [5.74, 6) is -1.65. The summed E-state index contributed by atoms with van der Waals surface area (Å²) < 4.78 is 67.1. The minimum atomic E-state index is -5.04. The monoisotopic (exact) mass is 296 g/mol. The van der Waals surface area contributed by atoms with Crippen LogP contribution in [-0.4, -0.2) is 13.0 Å². The zero-order chi connectivity index (χ0) is 13.2. The van der Waals surface area contributed by atoms with Gasteiger partial charge in [-0.15, -0.1) is 13.2 Å². The molecule has 0 saturated heterocycles. The van der Waals surface area contributed by atoms with Crippen LogP contribution in [0.25, 0.3) is 0 Å². The zero-order valence-corrected chi connectivity index (χ0v) is 9.21. The lowest BCUT2D eigenvalue weighted by molar-refractivity contribution is -0.274. The maximum Gasteiger partial charge on any atom is 0.573 e. The Labute approximate surface area is 102 Å². The zero-order valence-electron chi connectivity index (χ0n) is 7.69. The molecule has 1 rings (SSSR count). The van der Waals surface area contributed by atoms with Gasteiger partial charge in [-0.1, -0.05) is 23.2 Å². The van der Waals surface area contributed by atoms with Gasteiger partial charge < -0.3 is 9.47 Å². The summed E-state index contributed by atoms with van der Waals surface area (Å²) in [6, 6.07) is 1.80. The Kier molecular flexibility index (Phi) is 4.26.